The maximum Gasteiger partial charge on any atom is 0.224 e. The van der Waals surface area contributed by atoms with Crippen LogP contribution in [0.4, 0.5) is 11.4 Å². The molecule has 4 N–H and O–H groups in total. The topological polar surface area (TPSA) is 84.2 Å². The van der Waals surface area contributed by atoms with Crippen molar-refractivity contribution in [1.82, 2.24) is 0 Å². The molecule has 5 heteroatoms. The molecule has 2 amide bonds. The highest BCUT2D eigenvalue weighted by atomic mass is 16.2. The molecule has 0 aliphatic heterocycles. The predicted molar refractivity (Wildman–Crippen MR) is 79.3 cm³/mol. The fraction of sp³-hybridized carbons (Fsp3) is 0.467. The third kappa shape index (κ3) is 3.57. The van der Waals surface area contributed by atoms with E-state index in [4.69, 9.17) is 5.73 Å². The zero-order valence-electron chi connectivity index (χ0n) is 11.7. The van der Waals surface area contributed by atoms with E-state index in [0.717, 1.165) is 24.9 Å². The molecule has 0 aromatic heterocycles. The standard InChI is InChI=1S/C15H21N3O2/c1-11(19)17-12-3-5-13(6-4-12)18-14(20)9-15(10-16)7-2-8-15/h3-6H,2,7-10,16H2,1H3,(H,17,19)(H,18,20). The lowest BCUT2D eigenvalue weighted by Gasteiger charge is -2.40. The van der Waals surface area contributed by atoms with Crippen molar-refractivity contribution in [3.8, 4) is 0 Å². The molecule has 108 valence electrons. The Morgan fingerprint density at radius 2 is 1.70 bits per heavy atom. The Hall–Kier alpha value is -1.88. The molecule has 1 aromatic carbocycles. The highest BCUT2D eigenvalue weighted by Crippen LogP contribution is 2.43. The van der Waals surface area contributed by atoms with E-state index in [1.165, 1.54) is 6.92 Å². The Labute approximate surface area is 118 Å². The van der Waals surface area contributed by atoms with E-state index >= 15 is 0 Å². The summed E-state index contributed by atoms with van der Waals surface area (Å²) in [5, 5.41) is 5.56. The highest BCUT2D eigenvalue weighted by molar-refractivity contribution is 5.92. The van der Waals surface area contributed by atoms with Crippen LogP contribution in [0.2, 0.25) is 0 Å². The summed E-state index contributed by atoms with van der Waals surface area (Å²) in [7, 11) is 0. The van der Waals surface area contributed by atoms with Gasteiger partial charge in [0.2, 0.25) is 11.8 Å². The zero-order valence-corrected chi connectivity index (χ0v) is 11.7. The molecule has 1 fully saturated rings. The largest absolute Gasteiger partial charge is 0.330 e. The summed E-state index contributed by atoms with van der Waals surface area (Å²) in [6.07, 6.45) is 3.73. The molecule has 0 radical (unpaired) electrons. The third-order valence-corrected chi connectivity index (χ3v) is 3.87. The normalized spacial score (nSPS) is 16.1. The van der Waals surface area contributed by atoms with Gasteiger partial charge in [-0.1, -0.05) is 6.42 Å². The van der Waals surface area contributed by atoms with E-state index in [1.54, 1.807) is 24.3 Å². The second kappa shape index (κ2) is 6.05. The first kappa shape index (κ1) is 14.5. The minimum absolute atomic E-state index is 0.00225. The minimum Gasteiger partial charge on any atom is -0.330 e. The van der Waals surface area contributed by atoms with Crippen LogP contribution in [0.15, 0.2) is 24.3 Å². The molecule has 1 aromatic rings. The van der Waals surface area contributed by atoms with Gasteiger partial charge in [0.25, 0.3) is 0 Å². The Kier molecular flexibility index (Phi) is 4.39. The van der Waals surface area contributed by atoms with E-state index in [-0.39, 0.29) is 17.2 Å². The van der Waals surface area contributed by atoms with Crippen LogP contribution in [0.25, 0.3) is 0 Å². The van der Waals surface area contributed by atoms with Crippen molar-refractivity contribution in [3.63, 3.8) is 0 Å². The van der Waals surface area contributed by atoms with Crippen LogP contribution in [0, 0.1) is 5.41 Å². The molecular weight excluding hydrogens is 254 g/mol. The first-order valence-corrected chi connectivity index (χ1v) is 6.91. The van der Waals surface area contributed by atoms with Crippen molar-refractivity contribution in [2.75, 3.05) is 17.2 Å². The van der Waals surface area contributed by atoms with Crippen LogP contribution in [0.1, 0.15) is 32.6 Å². The SMILES string of the molecule is CC(=O)Nc1ccc(NC(=O)CC2(CN)CCC2)cc1. The second-order valence-corrected chi connectivity index (χ2v) is 5.54. The van der Waals surface area contributed by atoms with E-state index in [0.29, 0.717) is 18.7 Å². The maximum atomic E-state index is 12.0. The number of hydrogen-bond acceptors (Lipinski definition) is 3. The zero-order chi connectivity index (χ0) is 14.6. The van der Waals surface area contributed by atoms with Crippen LogP contribution in [-0.2, 0) is 9.59 Å². The van der Waals surface area contributed by atoms with Gasteiger partial charge in [-0.25, -0.2) is 0 Å². The highest BCUT2D eigenvalue weighted by Gasteiger charge is 2.37. The number of carbonyl (C=O) groups excluding carboxylic acids is 2. The summed E-state index contributed by atoms with van der Waals surface area (Å²) in [4.78, 5) is 22.9. The van der Waals surface area contributed by atoms with Crippen molar-refractivity contribution < 1.29 is 9.59 Å². The summed E-state index contributed by atoms with van der Waals surface area (Å²) >= 11 is 0. The average molecular weight is 275 g/mol. The Morgan fingerprint density at radius 1 is 1.15 bits per heavy atom. The second-order valence-electron chi connectivity index (χ2n) is 5.54. The molecular formula is C15H21N3O2. The summed E-state index contributed by atoms with van der Waals surface area (Å²) in [5.41, 5.74) is 7.22. The fourth-order valence-electron chi connectivity index (χ4n) is 2.52. The number of carbonyl (C=O) groups is 2. The van der Waals surface area contributed by atoms with E-state index < -0.39 is 0 Å². The third-order valence-electron chi connectivity index (χ3n) is 3.87. The number of nitrogens with one attached hydrogen (secondary N) is 2. The molecule has 1 aliphatic carbocycles. The maximum absolute atomic E-state index is 12.0. The van der Waals surface area contributed by atoms with Crippen LogP contribution in [-0.4, -0.2) is 18.4 Å². The van der Waals surface area contributed by atoms with Gasteiger partial charge < -0.3 is 16.4 Å². The number of hydrogen-bond donors (Lipinski definition) is 3. The van der Waals surface area contributed by atoms with Crippen molar-refractivity contribution in [1.29, 1.82) is 0 Å². The molecule has 0 bridgehead atoms. The molecule has 1 aliphatic rings. The first-order valence-electron chi connectivity index (χ1n) is 6.91. The van der Waals surface area contributed by atoms with Gasteiger partial charge in [-0.15, -0.1) is 0 Å². The quantitative estimate of drug-likeness (QED) is 0.769. The van der Waals surface area contributed by atoms with Crippen LogP contribution < -0.4 is 16.4 Å². The first-order chi connectivity index (χ1) is 9.53. The van der Waals surface area contributed by atoms with Crippen LogP contribution in [0.5, 0.6) is 0 Å². The Balaban J connectivity index is 1.89. The lowest BCUT2D eigenvalue weighted by molar-refractivity contribution is -0.119. The summed E-state index contributed by atoms with van der Waals surface area (Å²) < 4.78 is 0. The molecule has 0 spiro atoms. The number of rotatable bonds is 5. The average Bonchev–Trinajstić information content (AvgIpc) is 2.36. The van der Waals surface area contributed by atoms with E-state index in [9.17, 15) is 9.59 Å². The van der Waals surface area contributed by atoms with Crippen molar-refractivity contribution in [3.05, 3.63) is 24.3 Å². The lowest BCUT2D eigenvalue weighted by Crippen LogP contribution is -2.40. The summed E-state index contributed by atoms with van der Waals surface area (Å²) in [6, 6.07) is 7.08. The van der Waals surface area contributed by atoms with Crippen LogP contribution in [0.3, 0.4) is 0 Å². The van der Waals surface area contributed by atoms with Gasteiger partial charge in [-0.3, -0.25) is 9.59 Å². The molecule has 1 saturated carbocycles. The van der Waals surface area contributed by atoms with Gasteiger partial charge in [0.05, 0.1) is 0 Å². The van der Waals surface area contributed by atoms with Crippen molar-refractivity contribution in [2.45, 2.75) is 32.6 Å². The molecule has 20 heavy (non-hydrogen) atoms. The van der Waals surface area contributed by atoms with Gasteiger partial charge in [-0.2, -0.15) is 0 Å². The monoisotopic (exact) mass is 275 g/mol. The molecule has 0 unspecified atom stereocenters. The lowest BCUT2D eigenvalue weighted by atomic mass is 9.66. The van der Waals surface area contributed by atoms with Gasteiger partial charge in [-0.05, 0) is 49.1 Å². The Bertz CT molecular complexity index is 487. The number of nitrogens with two attached hydrogens (primary N) is 1. The van der Waals surface area contributed by atoms with Crippen molar-refractivity contribution >= 4 is 23.2 Å². The molecule has 0 saturated heterocycles. The molecule has 0 heterocycles. The summed E-state index contributed by atoms with van der Waals surface area (Å²) in [6.45, 7) is 2.03. The van der Waals surface area contributed by atoms with Gasteiger partial charge in [0, 0.05) is 24.7 Å². The number of anilines is 2. The van der Waals surface area contributed by atoms with Gasteiger partial charge in [0.1, 0.15) is 0 Å². The van der Waals surface area contributed by atoms with Crippen LogP contribution >= 0.6 is 0 Å². The van der Waals surface area contributed by atoms with Gasteiger partial charge in [0.15, 0.2) is 0 Å². The fourth-order valence-corrected chi connectivity index (χ4v) is 2.52. The Morgan fingerprint density at radius 3 is 2.10 bits per heavy atom. The number of benzene rings is 1. The summed E-state index contributed by atoms with van der Waals surface area (Å²) in [5.74, 6) is -0.112. The van der Waals surface area contributed by atoms with E-state index in [1.807, 2.05) is 0 Å². The molecule has 0 atom stereocenters. The number of amides is 2. The van der Waals surface area contributed by atoms with Crippen molar-refractivity contribution in [2.24, 2.45) is 11.1 Å². The molecule has 2 rings (SSSR count). The minimum atomic E-state index is -0.114. The molecule has 5 nitrogen and oxygen atoms in total. The predicted octanol–water partition coefficient (Wildman–Crippen LogP) is 2.10. The van der Waals surface area contributed by atoms with E-state index in [2.05, 4.69) is 10.6 Å². The van der Waals surface area contributed by atoms with Gasteiger partial charge >= 0.3 is 0 Å². The smallest absolute Gasteiger partial charge is 0.224 e.